The number of nitrogens with one attached hydrogen (secondary N) is 1. The maximum absolute atomic E-state index is 12.7. The van der Waals surface area contributed by atoms with Crippen LogP contribution in [0, 0.1) is 5.92 Å². The number of ether oxygens (including phenoxy) is 1. The number of hydrogen-bond donors (Lipinski definition) is 1. The Morgan fingerprint density at radius 2 is 1.91 bits per heavy atom. The average molecular weight is 448 g/mol. The molecule has 164 valence electrons. The molecule has 1 unspecified atom stereocenters. The third kappa shape index (κ3) is 5.48. The van der Waals surface area contributed by atoms with Crippen LogP contribution in [0.1, 0.15) is 17.5 Å². The van der Waals surface area contributed by atoms with Crippen molar-refractivity contribution in [3.8, 4) is 5.88 Å². The number of anilines is 1. The summed E-state index contributed by atoms with van der Waals surface area (Å²) in [6, 6.07) is 21.4. The lowest BCUT2D eigenvalue weighted by Gasteiger charge is -2.17. The smallest absolute Gasteiger partial charge is 0.227 e. The van der Waals surface area contributed by atoms with Crippen LogP contribution in [0.2, 0.25) is 0 Å². The minimum atomic E-state index is -0.363. The van der Waals surface area contributed by atoms with Crippen LogP contribution in [0.5, 0.6) is 5.88 Å². The molecule has 6 nitrogen and oxygen atoms in total. The highest BCUT2D eigenvalue weighted by Crippen LogP contribution is 2.27. The number of carbonyl (C=O) groups excluding carboxylic acids is 2. The molecule has 7 heteroatoms. The van der Waals surface area contributed by atoms with Crippen LogP contribution in [0.25, 0.3) is 0 Å². The summed E-state index contributed by atoms with van der Waals surface area (Å²) in [7, 11) is 0. The fourth-order valence-corrected chi connectivity index (χ4v) is 4.01. The number of nitrogens with zero attached hydrogens (tertiary/aromatic N) is 2. The molecule has 1 aliphatic heterocycles. The minimum Gasteiger partial charge on any atom is -0.473 e. The monoisotopic (exact) mass is 447 g/mol. The first-order valence-corrected chi connectivity index (χ1v) is 11.7. The molecule has 0 saturated carbocycles. The maximum Gasteiger partial charge on any atom is 0.227 e. The molecule has 1 atom stereocenters. The van der Waals surface area contributed by atoms with Gasteiger partial charge in [0.05, 0.1) is 5.92 Å². The Hall–Kier alpha value is -3.32. The molecular formula is C25H25N3O3S. The Kier molecular flexibility index (Phi) is 7.07. The van der Waals surface area contributed by atoms with Crippen LogP contribution in [0.4, 0.5) is 5.69 Å². The molecule has 2 aromatic carbocycles. The van der Waals surface area contributed by atoms with Crippen molar-refractivity contribution in [3.05, 3.63) is 84.1 Å². The van der Waals surface area contributed by atoms with E-state index in [2.05, 4.69) is 10.3 Å². The molecule has 0 aliphatic carbocycles. The zero-order valence-electron chi connectivity index (χ0n) is 17.9. The Balaban J connectivity index is 1.30. The van der Waals surface area contributed by atoms with Gasteiger partial charge in [-0.05, 0) is 47.7 Å². The molecule has 1 N–H and O–H groups in total. The Bertz CT molecular complexity index is 1070. The van der Waals surface area contributed by atoms with Gasteiger partial charge in [-0.2, -0.15) is 0 Å². The van der Waals surface area contributed by atoms with Crippen LogP contribution in [0.15, 0.2) is 77.8 Å². The van der Waals surface area contributed by atoms with E-state index in [4.69, 9.17) is 4.74 Å². The summed E-state index contributed by atoms with van der Waals surface area (Å²) in [6.45, 7) is 1.18. The van der Waals surface area contributed by atoms with Crippen LogP contribution in [-0.4, -0.2) is 29.6 Å². The highest BCUT2D eigenvalue weighted by Gasteiger charge is 2.34. The highest BCUT2D eigenvalue weighted by molar-refractivity contribution is 7.98. The highest BCUT2D eigenvalue weighted by atomic mass is 32.2. The number of thioether (sulfide) groups is 1. The summed E-state index contributed by atoms with van der Waals surface area (Å²) in [5.41, 5.74) is 2.79. The van der Waals surface area contributed by atoms with Crippen molar-refractivity contribution in [1.82, 2.24) is 10.3 Å². The van der Waals surface area contributed by atoms with Crippen molar-refractivity contribution in [1.29, 1.82) is 0 Å². The zero-order valence-corrected chi connectivity index (χ0v) is 18.7. The number of amides is 2. The molecule has 1 aromatic heterocycles. The molecule has 0 radical (unpaired) electrons. The van der Waals surface area contributed by atoms with Crippen molar-refractivity contribution >= 4 is 29.3 Å². The van der Waals surface area contributed by atoms with Gasteiger partial charge in [-0.3, -0.25) is 9.59 Å². The summed E-state index contributed by atoms with van der Waals surface area (Å²) < 4.78 is 5.76. The average Bonchev–Trinajstić information content (AvgIpc) is 3.24. The van der Waals surface area contributed by atoms with E-state index in [0.717, 1.165) is 21.7 Å². The van der Waals surface area contributed by atoms with Gasteiger partial charge in [-0.25, -0.2) is 4.98 Å². The molecular weight excluding hydrogens is 422 g/mol. The largest absolute Gasteiger partial charge is 0.473 e. The Labute approximate surface area is 192 Å². The number of aromatic nitrogens is 1. The summed E-state index contributed by atoms with van der Waals surface area (Å²) >= 11 is 1.65. The number of carbonyl (C=O) groups is 2. The van der Waals surface area contributed by atoms with Crippen molar-refractivity contribution in [2.45, 2.75) is 24.5 Å². The van der Waals surface area contributed by atoms with Gasteiger partial charge in [-0.1, -0.05) is 30.3 Å². The molecule has 32 heavy (non-hydrogen) atoms. The van der Waals surface area contributed by atoms with Gasteiger partial charge in [0, 0.05) is 42.4 Å². The van der Waals surface area contributed by atoms with E-state index in [1.807, 2.05) is 73.0 Å². The second-order valence-corrected chi connectivity index (χ2v) is 8.48. The van der Waals surface area contributed by atoms with Crippen molar-refractivity contribution < 1.29 is 14.3 Å². The van der Waals surface area contributed by atoms with E-state index in [1.165, 1.54) is 0 Å². The SMILES string of the molecule is CSc1ccc(N2CC(C(=O)NCc3ccnc(OCc4ccccc4)c3)CC2=O)cc1. The summed E-state index contributed by atoms with van der Waals surface area (Å²) in [6.07, 6.45) is 3.90. The van der Waals surface area contributed by atoms with E-state index < -0.39 is 0 Å². The third-order valence-electron chi connectivity index (χ3n) is 5.38. The molecule has 4 rings (SSSR count). The predicted octanol–water partition coefficient (Wildman–Crippen LogP) is 4.05. The molecule has 0 spiro atoms. The maximum atomic E-state index is 12.7. The molecule has 1 fully saturated rings. The lowest BCUT2D eigenvalue weighted by atomic mass is 10.1. The fraction of sp³-hybridized carbons (Fsp3) is 0.240. The second kappa shape index (κ2) is 10.3. The van der Waals surface area contributed by atoms with Gasteiger partial charge in [-0.15, -0.1) is 11.8 Å². The molecule has 1 aliphatic rings. The number of benzene rings is 2. The first kappa shape index (κ1) is 21.9. The molecule has 0 bridgehead atoms. The molecule has 2 heterocycles. The van der Waals surface area contributed by atoms with E-state index >= 15 is 0 Å². The molecule has 1 saturated heterocycles. The third-order valence-corrected chi connectivity index (χ3v) is 6.12. The van der Waals surface area contributed by atoms with Crippen molar-refractivity contribution in [2.75, 3.05) is 17.7 Å². The fourth-order valence-electron chi connectivity index (χ4n) is 3.60. The topological polar surface area (TPSA) is 71.5 Å². The van der Waals surface area contributed by atoms with Crippen LogP contribution in [0.3, 0.4) is 0 Å². The summed E-state index contributed by atoms with van der Waals surface area (Å²) in [4.78, 5) is 32.2. The van der Waals surface area contributed by atoms with Crippen LogP contribution >= 0.6 is 11.8 Å². The van der Waals surface area contributed by atoms with Crippen molar-refractivity contribution in [3.63, 3.8) is 0 Å². The van der Waals surface area contributed by atoms with Gasteiger partial charge in [0.15, 0.2) is 0 Å². The van der Waals surface area contributed by atoms with Gasteiger partial charge in [0.2, 0.25) is 17.7 Å². The van der Waals surface area contributed by atoms with E-state index in [0.29, 0.717) is 25.6 Å². The predicted molar refractivity (Wildman–Crippen MR) is 126 cm³/mol. The summed E-state index contributed by atoms with van der Waals surface area (Å²) in [5, 5.41) is 2.95. The minimum absolute atomic E-state index is 0.0254. The first-order valence-electron chi connectivity index (χ1n) is 10.5. The van der Waals surface area contributed by atoms with Gasteiger partial charge < -0.3 is 15.0 Å². The van der Waals surface area contributed by atoms with Gasteiger partial charge in [0.25, 0.3) is 0 Å². The second-order valence-electron chi connectivity index (χ2n) is 7.60. The Morgan fingerprint density at radius 3 is 2.66 bits per heavy atom. The quantitative estimate of drug-likeness (QED) is 0.528. The molecule has 2 amide bonds. The van der Waals surface area contributed by atoms with Gasteiger partial charge in [0.1, 0.15) is 6.61 Å². The number of rotatable bonds is 8. The van der Waals surface area contributed by atoms with E-state index in [9.17, 15) is 9.59 Å². The zero-order chi connectivity index (χ0) is 22.3. The number of hydrogen-bond acceptors (Lipinski definition) is 5. The van der Waals surface area contributed by atoms with E-state index in [-0.39, 0.29) is 24.2 Å². The van der Waals surface area contributed by atoms with Crippen LogP contribution < -0.4 is 15.0 Å². The van der Waals surface area contributed by atoms with Crippen LogP contribution in [-0.2, 0) is 22.7 Å². The van der Waals surface area contributed by atoms with E-state index in [1.54, 1.807) is 22.9 Å². The molecule has 3 aromatic rings. The number of pyridine rings is 1. The lowest BCUT2D eigenvalue weighted by Crippen LogP contribution is -2.32. The first-order chi connectivity index (χ1) is 15.6. The lowest BCUT2D eigenvalue weighted by molar-refractivity contribution is -0.126. The van der Waals surface area contributed by atoms with Crippen molar-refractivity contribution in [2.24, 2.45) is 5.92 Å². The normalized spacial score (nSPS) is 15.6. The standard InChI is InChI=1S/C25H25N3O3S/c1-32-22-9-7-21(8-10-22)28-16-20(14-24(28)29)25(30)27-15-19-11-12-26-23(13-19)31-17-18-5-3-2-4-6-18/h2-13,20H,14-17H2,1H3,(H,27,30). The Morgan fingerprint density at radius 1 is 1.12 bits per heavy atom. The van der Waals surface area contributed by atoms with Gasteiger partial charge >= 0.3 is 0 Å². The summed E-state index contributed by atoms with van der Waals surface area (Å²) in [5.74, 6) is 0.00240.